The third-order valence-corrected chi connectivity index (χ3v) is 3.87. The van der Waals surface area contributed by atoms with Crippen LogP contribution in [0.4, 0.5) is 17.6 Å². The Morgan fingerprint density at radius 3 is 2.35 bits per heavy atom. The van der Waals surface area contributed by atoms with Crippen molar-refractivity contribution in [2.24, 2.45) is 5.41 Å². The van der Waals surface area contributed by atoms with E-state index in [1.807, 2.05) is 0 Å². The van der Waals surface area contributed by atoms with Crippen LogP contribution < -0.4 is 5.32 Å². The van der Waals surface area contributed by atoms with E-state index in [0.29, 0.717) is 6.07 Å². The van der Waals surface area contributed by atoms with E-state index in [1.165, 1.54) is 0 Å². The van der Waals surface area contributed by atoms with Gasteiger partial charge in [-0.2, -0.15) is 0 Å². The van der Waals surface area contributed by atoms with Gasteiger partial charge in [0.15, 0.2) is 23.3 Å². The van der Waals surface area contributed by atoms with Crippen molar-refractivity contribution >= 4 is 5.91 Å². The van der Waals surface area contributed by atoms with Gasteiger partial charge in [-0.1, -0.05) is 13.8 Å². The molecule has 2 unspecified atom stereocenters. The number of hydrogen-bond donors (Lipinski definition) is 2. The molecule has 1 saturated carbocycles. The van der Waals surface area contributed by atoms with E-state index in [-0.39, 0.29) is 6.42 Å². The number of aliphatic hydroxyl groups excluding tert-OH is 1. The van der Waals surface area contributed by atoms with Crippen LogP contribution in [-0.4, -0.2) is 23.2 Å². The number of halogens is 4. The molecule has 1 aliphatic rings. The normalized spacial score (nSPS) is 24.1. The van der Waals surface area contributed by atoms with Crippen LogP contribution in [0.2, 0.25) is 0 Å². The molecule has 1 fully saturated rings. The highest BCUT2D eigenvalue weighted by atomic mass is 19.2. The van der Waals surface area contributed by atoms with Crippen molar-refractivity contribution in [3.63, 3.8) is 0 Å². The molecule has 0 aromatic heterocycles. The van der Waals surface area contributed by atoms with Crippen LogP contribution in [0.3, 0.4) is 0 Å². The Labute approximate surface area is 112 Å². The maximum Gasteiger partial charge on any atom is 0.254 e. The molecule has 20 heavy (non-hydrogen) atoms. The number of carbonyl (C=O) groups excluding carboxylic acids is 1. The molecule has 0 bridgehead atoms. The topological polar surface area (TPSA) is 49.3 Å². The summed E-state index contributed by atoms with van der Waals surface area (Å²) in [5, 5.41) is 11.9. The lowest BCUT2D eigenvalue weighted by Gasteiger charge is -2.49. The van der Waals surface area contributed by atoms with Gasteiger partial charge in [0.1, 0.15) is 0 Å². The van der Waals surface area contributed by atoms with Crippen LogP contribution in [0, 0.1) is 28.7 Å². The average Bonchev–Trinajstić information content (AvgIpc) is 2.40. The van der Waals surface area contributed by atoms with Gasteiger partial charge in [-0.3, -0.25) is 4.79 Å². The summed E-state index contributed by atoms with van der Waals surface area (Å²) >= 11 is 0. The molecule has 2 rings (SSSR count). The van der Waals surface area contributed by atoms with E-state index in [4.69, 9.17) is 0 Å². The van der Waals surface area contributed by atoms with Gasteiger partial charge in [0.05, 0.1) is 11.7 Å². The van der Waals surface area contributed by atoms with Gasteiger partial charge in [-0.15, -0.1) is 0 Å². The zero-order valence-corrected chi connectivity index (χ0v) is 10.8. The molecule has 2 N–H and O–H groups in total. The molecular weight excluding hydrogens is 278 g/mol. The summed E-state index contributed by atoms with van der Waals surface area (Å²) in [5.74, 6) is -8.41. The predicted molar refractivity (Wildman–Crippen MR) is 61.9 cm³/mol. The van der Waals surface area contributed by atoms with Crippen molar-refractivity contribution in [1.29, 1.82) is 0 Å². The standard InChI is InChI=1S/C13H13F4NO2/c1-13(2)7(4-8(13)19)18-12(20)5-3-6(14)10(16)11(17)9(5)15/h3,7-8,19H,4H2,1-2H3,(H,18,20). The number of hydrogen-bond acceptors (Lipinski definition) is 2. The number of benzene rings is 1. The van der Waals surface area contributed by atoms with Gasteiger partial charge in [-0.25, -0.2) is 17.6 Å². The highest BCUT2D eigenvalue weighted by Crippen LogP contribution is 2.40. The lowest BCUT2D eigenvalue weighted by molar-refractivity contribution is -0.0690. The fraction of sp³-hybridized carbons (Fsp3) is 0.462. The Hall–Kier alpha value is -1.63. The zero-order chi connectivity index (χ0) is 15.2. The molecule has 2 atom stereocenters. The number of aliphatic hydroxyl groups is 1. The summed E-state index contributed by atoms with van der Waals surface area (Å²) in [7, 11) is 0. The maximum absolute atomic E-state index is 13.4. The number of rotatable bonds is 2. The number of carbonyl (C=O) groups is 1. The number of nitrogens with one attached hydrogen (secondary N) is 1. The summed E-state index contributed by atoms with van der Waals surface area (Å²) in [6.07, 6.45) is -0.369. The molecule has 1 aliphatic carbocycles. The maximum atomic E-state index is 13.4. The van der Waals surface area contributed by atoms with Crippen LogP contribution >= 0.6 is 0 Å². The molecule has 0 aliphatic heterocycles. The summed E-state index contributed by atoms with van der Waals surface area (Å²) in [5.41, 5.74) is -1.53. The molecule has 1 amide bonds. The smallest absolute Gasteiger partial charge is 0.254 e. The molecule has 1 aromatic rings. The van der Waals surface area contributed by atoms with Gasteiger partial charge in [0.25, 0.3) is 5.91 Å². The first-order chi connectivity index (χ1) is 9.16. The van der Waals surface area contributed by atoms with Gasteiger partial charge < -0.3 is 10.4 Å². The molecule has 1 aromatic carbocycles. The molecule has 3 nitrogen and oxygen atoms in total. The first kappa shape index (κ1) is 14.8. The molecule has 0 saturated heterocycles. The number of amides is 1. The van der Waals surface area contributed by atoms with Crippen molar-refractivity contribution < 1.29 is 27.5 Å². The second-order valence-corrected chi connectivity index (χ2v) is 5.45. The Morgan fingerprint density at radius 2 is 1.85 bits per heavy atom. The lowest BCUT2D eigenvalue weighted by atomic mass is 9.64. The Balaban J connectivity index is 2.23. The monoisotopic (exact) mass is 291 g/mol. The van der Waals surface area contributed by atoms with Gasteiger partial charge in [-0.05, 0) is 12.5 Å². The van der Waals surface area contributed by atoms with E-state index in [9.17, 15) is 27.5 Å². The van der Waals surface area contributed by atoms with Gasteiger partial charge in [0.2, 0.25) is 0 Å². The molecule has 7 heteroatoms. The van der Waals surface area contributed by atoms with Crippen molar-refractivity contribution in [1.82, 2.24) is 5.32 Å². The highest BCUT2D eigenvalue weighted by Gasteiger charge is 2.48. The lowest BCUT2D eigenvalue weighted by Crippen LogP contribution is -2.61. The Bertz CT molecular complexity index is 574. The van der Waals surface area contributed by atoms with Crippen molar-refractivity contribution in [2.75, 3.05) is 0 Å². The first-order valence-electron chi connectivity index (χ1n) is 5.98. The summed E-state index contributed by atoms with van der Waals surface area (Å²) in [6.45, 7) is 3.38. The summed E-state index contributed by atoms with van der Waals surface area (Å²) in [6, 6.07) is -0.147. The van der Waals surface area contributed by atoms with E-state index < -0.39 is 52.3 Å². The largest absolute Gasteiger partial charge is 0.392 e. The van der Waals surface area contributed by atoms with Crippen LogP contribution in [0.5, 0.6) is 0 Å². The van der Waals surface area contributed by atoms with Crippen LogP contribution in [0.25, 0.3) is 0 Å². The van der Waals surface area contributed by atoms with Gasteiger partial charge >= 0.3 is 0 Å². The average molecular weight is 291 g/mol. The van der Waals surface area contributed by atoms with Crippen molar-refractivity contribution in [2.45, 2.75) is 32.4 Å². The van der Waals surface area contributed by atoms with E-state index in [1.54, 1.807) is 13.8 Å². The second kappa shape index (κ2) is 4.73. The zero-order valence-electron chi connectivity index (χ0n) is 10.8. The Kier molecular flexibility index (Phi) is 3.49. The van der Waals surface area contributed by atoms with Crippen LogP contribution in [-0.2, 0) is 0 Å². The van der Waals surface area contributed by atoms with Crippen LogP contribution in [0.1, 0.15) is 30.6 Å². The summed E-state index contributed by atoms with van der Waals surface area (Å²) < 4.78 is 52.3. The fourth-order valence-electron chi connectivity index (χ4n) is 2.12. The van der Waals surface area contributed by atoms with Crippen molar-refractivity contribution in [3.05, 3.63) is 34.9 Å². The quantitative estimate of drug-likeness (QED) is 0.498. The fourth-order valence-corrected chi connectivity index (χ4v) is 2.12. The van der Waals surface area contributed by atoms with Crippen molar-refractivity contribution in [3.8, 4) is 0 Å². The molecule has 0 radical (unpaired) electrons. The highest BCUT2D eigenvalue weighted by molar-refractivity contribution is 5.94. The van der Waals surface area contributed by atoms with E-state index in [0.717, 1.165) is 0 Å². The molecular formula is C13H13F4NO2. The molecule has 0 spiro atoms. The Morgan fingerprint density at radius 1 is 1.25 bits per heavy atom. The minimum Gasteiger partial charge on any atom is -0.392 e. The SMILES string of the molecule is CC1(C)C(O)CC1NC(=O)c1cc(F)c(F)c(F)c1F. The third kappa shape index (κ3) is 2.15. The summed E-state index contributed by atoms with van der Waals surface area (Å²) in [4.78, 5) is 11.8. The van der Waals surface area contributed by atoms with Crippen LogP contribution in [0.15, 0.2) is 6.07 Å². The molecule has 110 valence electrons. The second-order valence-electron chi connectivity index (χ2n) is 5.45. The predicted octanol–water partition coefficient (Wildman–Crippen LogP) is 2.13. The first-order valence-corrected chi connectivity index (χ1v) is 5.98. The van der Waals surface area contributed by atoms with E-state index >= 15 is 0 Å². The third-order valence-electron chi connectivity index (χ3n) is 3.87. The minimum absolute atomic E-state index is 0.256. The molecule has 0 heterocycles. The van der Waals surface area contributed by atoms with E-state index in [2.05, 4.69) is 5.32 Å². The minimum atomic E-state index is -2.02. The van der Waals surface area contributed by atoms with Gasteiger partial charge in [0, 0.05) is 11.5 Å².